The van der Waals surface area contributed by atoms with Crippen LogP contribution in [-0.4, -0.2) is 68.5 Å². The summed E-state index contributed by atoms with van der Waals surface area (Å²) in [6.07, 6.45) is 7.74. The number of ether oxygens (including phenoxy) is 1. The largest absolute Gasteiger partial charge is 0.481 e. The summed E-state index contributed by atoms with van der Waals surface area (Å²) in [6, 6.07) is 19.5. The highest BCUT2D eigenvalue weighted by Crippen LogP contribution is 2.45. The molecule has 13 heteroatoms. The summed E-state index contributed by atoms with van der Waals surface area (Å²) in [7, 11) is 1.59. The number of amides is 1. The second kappa shape index (κ2) is 14.8. The van der Waals surface area contributed by atoms with E-state index in [9.17, 15) is 19.5 Å². The number of hydrogen-bond acceptors (Lipinski definition) is 8. The van der Waals surface area contributed by atoms with E-state index in [0.29, 0.717) is 78.3 Å². The zero-order chi connectivity index (χ0) is 37.6. The molecule has 3 aromatic heterocycles. The molecule has 3 N–H and O–H groups in total. The molecule has 6 heterocycles. The van der Waals surface area contributed by atoms with Crippen LogP contribution in [0.1, 0.15) is 49.7 Å². The zero-order valence-corrected chi connectivity index (χ0v) is 31.3. The van der Waals surface area contributed by atoms with Crippen molar-refractivity contribution >= 4 is 40.7 Å². The molecule has 54 heavy (non-hydrogen) atoms. The topological polar surface area (TPSA) is 138 Å². The fourth-order valence-electron chi connectivity index (χ4n) is 8.31. The number of pyridine rings is 2. The standard InChI is InChI=1S/C41H40Cl2N6O5/c1-54-38-25(19-44-21-27-9-11-35(50)46-27)8-10-33(47-38)32-7-3-6-31(37(32)43)30-5-2-4-29(36(30)42)24-14-17-49-34(18-24)45-20-26(39(49)51)22-48-23-41(40(52)53)15-12-28(48)13-16-41/h2-8,10,14,17-18,20,27-28,44H,9,11-13,15-16,19,21-23H2,1H3,(H,46,50)(H,52,53)/t27-,28?,41?/m1/s1. The highest BCUT2D eigenvalue weighted by atomic mass is 35.5. The first-order chi connectivity index (χ1) is 26.1. The van der Waals surface area contributed by atoms with Crippen molar-refractivity contribution in [3.8, 4) is 39.4 Å². The van der Waals surface area contributed by atoms with E-state index in [1.54, 1.807) is 19.5 Å². The van der Waals surface area contributed by atoms with Gasteiger partial charge >= 0.3 is 5.97 Å². The SMILES string of the molecule is COc1nc(-c2cccc(-c3cccc(-c4ccn5c(=O)c(CN6CC7(C(=O)O)CCC6CC7)cnc5c4)c3Cl)c2Cl)ccc1CNC[C@H]1CCC(=O)N1. The number of aliphatic carboxylic acids is 1. The van der Waals surface area contributed by atoms with E-state index in [4.69, 9.17) is 32.9 Å². The molecule has 9 rings (SSSR count). The molecule has 2 bridgehead atoms. The van der Waals surface area contributed by atoms with Crippen LogP contribution in [0.3, 0.4) is 0 Å². The number of piperidine rings is 2. The predicted octanol–water partition coefficient (Wildman–Crippen LogP) is 6.60. The first kappa shape index (κ1) is 36.2. The van der Waals surface area contributed by atoms with Crippen molar-refractivity contribution in [3.63, 3.8) is 0 Å². The van der Waals surface area contributed by atoms with Crippen molar-refractivity contribution in [1.82, 2.24) is 29.9 Å². The third kappa shape index (κ3) is 6.74. The lowest BCUT2D eigenvalue weighted by Gasteiger charge is -2.50. The Morgan fingerprint density at radius 1 is 0.981 bits per heavy atom. The Labute approximate surface area is 322 Å². The molecule has 2 aromatic carbocycles. The smallest absolute Gasteiger partial charge is 0.310 e. The van der Waals surface area contributed by atoms with Crippen molar-refractivity contribution < 1.29 is 19.4 Å². The summed E-state index contributed by atoms with van der Waals surface area (Å²) in [5, 5.41) is 17.3. The molecule has 4 fully saturated rings. The number of nitrogens with one attached hydrogen (secondary N) is 2. The third-order valence-electron chi connectivity index (χ3n) is 11.3. The Bertz CT molecular complexity index is 2340. The minimum Gasteiger partial charge on any atom is -0.481 e. The van der Waals surface area contributed by atoms with E-state index < -0.39 is 11.4 Å². The van der Waals surface area contributed by atoms with E-state index in [-0.39, 0.29) is 23.6 Å². The lowest BCUT2D eigenvalue weighted by molar-refractivity contribution is -0.160. The first-order valence-corrected chi connectivity index (χ1v) is 19.0. The van der Waals surface area contributed by atoms with Gasteiger partial charge in [-0.3, -0.25) is 23.7 Å². The molecule has 3 saturated heterocycles. The molecule has 1 aliphatic carbocycles. The number of hydrogen-bond donors (Lipinski definition) is 3. The van der Waals surface area contributed by atoms with Gasteiger partial charge in [-0.25, -0.2) is 9.97 Å². The van der Waals surface area contributed by atoms with Gasteiger partial charge in [0, 0.05) is 84.9 Å². The van der Waals surface area contributed by atoms with Crippen LogP contribution in [0.15, 0.2) is 77.9 Å². The maximum atomic E-state index is 13.6. The molecule has 4 aliphatic rings. The number of benzene rings is 2. The molecule has 0 unspecified atom stereocenters. The van der Waals surface area contributed by atoms with E-state index in [1.165, 1.54) is 4.40 Å². The lowest BCUT2D eigenvalue weighted by atomic mass is 9.67. The second-order valence-corrected chi connectivity index (χ2v) is 15.3. The Morgan fingerprint density at radius 2 is 1.70 bits per heavy atom. The summed E-state index contributed by atoms with van der Waals surface area (Å²) < 4.78 is 7.18. The monoisotopic (exact) mass is 766 g/mol. The van der Waals surface area contributed by atoms with E-state index in [0.717, 1.165) is 52.6 Å². The minimum absolute atomic E-state index is 0.0891. The van der Waals surface area contributed by atoms with E-state index in [1.807, 2.05) is 60.7 Å². The maximum Gasteiger partial charge on any atom is 0.310 e. The van der Waals surface area contributed by atoms with Crippen LogP contribution in [0.2, 0.25) is 10.0 Å². The third-order valence-corrected chi connectivity index (χ3v) is 12.2. The Kier molecular flexibility index (Phi) is 9.91. The number of carboxylic acids is 1. The van der Waals surface area contributed by atoms with Crippen LogP contribution < -0.4 is 20.9 Å². The quantitative estimate of drug-likeness (QED) is 0.136. The second-order valence-electron chi connectivity index (χ2n) is 14.6. The van der Waals surface area contributed by atoms with Crippen molar-refractivity contribution in [2.24, 2.45) is 5.41 Å². The molecule has 0 radical (unpaired) electrons. The van der Waals surface area contributed by atoms with Gasteiger partial charge < -0.3 is 20.5 Å². The molecule has 1 saturated carbocycles. The van der Waals surface area contributed by atoms with Crippen LogP contribution in [0, 0.1) is 5.41 Å². The van der Waals surface area contributed by atoms with Crippen molar-refractivity contribution in [3.05, 3.63) is 105 Å². The highest BCUT2D eigenvalue weighted by Gasteiger charge is 2.49. The van der Waals surface area contributed by atoms with Crippen LogP contribution in [0.4, 0.5) is 0 Å². The summed E-state index contributed by atoms with van der Waals surface area (Å²) >= 11 is 14.2. The van der Waals surface area contributed by atoms with Gasteiger partial charge in [-0.1, -0.05) is 65.7 Å². The number of aromatic nitrogens is 3. The number of fused-ring (bicyclic) bond motifs is 4. The molecule has 5 aromatic rings. The number of rotatable bonds is 11. The molecule has 0 spiro atoms. The van der Waals surface area contributed by atoms with Crippen molar-refractivity contribution in [2.75, 3.05) is 20.2 Å². The highest BCUT2D eigenvalue weighted by molar-refractivity contribution is 6.39. The molecule has 11 nitrogen and oxygen atoms in total. The Hall–Kier alpha value is -4.81. The van der Waals surface area contributed by atoms with Crippen LogP contribution in [-0.2, 0) is 22.7 Å². The van der Waals surface area contributed by atoms with Gasteiger partial charge in [0.25, 0.3) is 5.56 Å². The normalized spacial score (nSPS) is 21.1. The number of carbonyl (C=O) groups excluding carboxylic acids is 1. The molecule has 1 atom stereocenters. The number of nitrogens with zero attached hydrogens (tertiary/aromatic N) is 4. The molecule has 3 aliphatic heterocycles. The van der Waals surface area contributed by atoms with Crippen LogP contribution >= 0.6 is 23.2 Å². The van der Waals surface area contributed by atoms with Gasteiger partial charge in [-0.2, -0.15) is 0 Å². The van der Waals surface area contributed by atoms with E-state index in [2.05, 4.69) is 20.5 Å². The molecule has 278 valence electrons. The van der Waals surface area contributed by atoms with Gasteiger partial charge in [0.1, 0.15) is 5.65 Å². The number of halogens is 2. The van der Waals surface area contributed by atoms with Crippen LogP contribution in [0.5, 0.6) is 5.88 Å². The first-order valence-electron chi connectivity index (χ1n) is 18.2. The molecule has 1 amide bonds. The predicted molar refractivity (Wildman–Crippen MR) is 208 cm³/mol. The summed E-state index contributed by atoms with van der Waals surface area (Å²) in [5.74, 6) is -0.172. The number of carboxylic acid groups (broad SMARTS) is 1. The average Bonchev–Trinajstić information content (AvgIpc) is 3.61. The fraction of sp³-hybridized carbons (Fsp3) is 0.341. The lowest BCUT2D eigenvalue weighted by Crippen LogP contribution is -2.56. The minimum atomic E-state index is -0.745. The summed E-state index contributed by atoms with van der Waals surface area (Å²) in [5.41, 5.74) is 5.41. The van der Waals surface area contributed by atoms with Gasteiger partial charge in [-0.05, 0) is 55.9 Å². The number of carbonyl (C=O) groups is 2. The van der Waals surface area contributed by atoms with Gasteiger partial charge in [0.2, 0.25) is 11.8 Å². The Balaban J connectivity index is 1.03. The van der Waals surface area contributed by atoms with Crippen molar-refractivity contribution in [2.45, 2.75) is 63.7 Å². The van der Waals surface area contributed by atoms with Gasteiger partial charge in [0.05, 0.1) is 33.8 Å². The number of methoxy groups -OCH3 is 1. The van der Waals surface area contributed by atoms with Crippen LogP contribution in [0.25, 0.3) is 39.2 Å². The zero-order valence-electron chi connectivity index (χ0n) is 29.8. The molecular weight excluding hydrogens is 727 g/mol. The van der Waals surface area contributed by atoms with Gasteiger partial charge in [0.15, 0.2) is 0 Å². The van der Waals surface area contributed by atoms with E-state index >= 15 is 0 Å². The van der Waals surface area contributed by atoms with Gasteiger partial charge in [-0.15, -0.1) is 0 Å². The maximum absolute atomic E-state index is 13.6. The fourth-order valence-corrected chi connectivity index (χ4v) is 8.97. The molecular formula is C41H40Cl2N6O5. The summed E-state index contributed by atoms with van der Waals surface area (Å²) in [6.45, 7) is 2.02. The average molecular weight is 768 g/mol. The van der Waals surface area contributed by atoms with Crippen molar-refractivity contribution in [1.29, 1.82) is 0 Å². The summed E-state index contributed by atoms with van der Waals surface area (Å²) in [4.78, 5) is 48.9. The Morgan fingerprint density at radius 3 is 2.41 bits per heavy atom.